The fourth-order valence-electron chi connectivity index (χ4n) is 2.88. The molecule has 1 N–H and O–H groups in total. The second kappa shape index (κ2) is 5.82. The summed E-state index contributed by atoms with van der Waals surface area (Å²) in [4.78, 5) is 11.3. The van der Waals surface area contributed by atoms with Gasteiger partial charge in [0.2, 0.25) is 5.91 Å². The van der Waals surface area contributed by atoms with Gasteiger partial charge in [0.1, 0.15) is 5.82 Å². The molecule has 1 aromatic carbocycles. The zero-order valence-corrected chi connectivity index (χ0v) is 12.7. The number of nitrogens with one attached hydrogen (secondary N) is 1. The summed E-state index contributed by atoms with van der Waals surface area (Å²) >= 11 is 3.63. The quantitative estimate of drug-likeness (QED) is 0.835. The average molecular weight is 342 g/mol. The van der Waals surface area contributed by atoms with Crippen molar-refractivity contribution in [1.29, 1.82) is 0 Å². The molecule has 2 unspecified atom stereocenters. The molecule has 2 aliphatic rings. The highest BCUT2D eigenvalue weighted by molar-refractivity contribution is 9.09. The monoisotopic (exact) mass is 341 g/mol. The minimum Gasteiger partial charge on any atom is -0.381 e. The fourth-order valence-corrected chi connectivity index (χ4v) is 3.65. The van der Waals surface area contributed by atoms with Gasteiger partial charge in [0.15, 0.2) is 0 Å². The maximum atomic E-state index is 14.3. The number of alkyl halides is 1. The van der Waals surface area contributed by atoms with Gasteiger partial charge in [-0.15, -0.1) is 0 Å². The molecule has 2 aliphatic heterocycles. The predicted octanol–water partition coefficient (Wildman–Crippen LogP) is 3.57. The predicted molar refractivity (Wildman–Crippen MR) is 78.6 cm³/mol. The second-order valence-corrected chi connectivity index (χ2v) is 6.44. The van der Waals surface area contributed by atoms with Crippen molar-refractivity contribution in [3.63, 3.8) is 0 Å². The first-order valence-electron chi connectivity index (χ1n) is 6.99. The summed E-state index contributed by atoms with van der Waals surface area (Å²) < 4.78 is 19.8. The smallest absolute Gasteiger partial charge is 0.224 e. The van der Waals surface area contributed by atoms with Crippen LogP contribution < -0.4 is 5.32 Å². The molecule has 2 heterocycles. The summed E-state index contributed by atoms with van der Waals surface area (Å²) in [6.07, 6.45) is 3.21. The van der Waals surface area contributed by atoms with Crippen molar-refractivity contribution in [2.75, 3.05) is 18.5 Å². The standard InChI is InChI=1S/C15H17BrFNO2/c16-15(10-2-1-5-20-8-10)11-6-9-3-4-14(19)18-13(9)7-12(11)17/h6-7,10,15H,1-5,8H2,(H,18,19). The molecule has 0 spiro atoms. The number of hydrogen-bond donors (Lipinski definition) is 1. The Bertz CT molecular complexity index is 529. The van der Waals surface area contributed by atoms with Crippen LogP contribution in [0, 0.1) is 11.7 Å². The SMILES string of the molecule is O=C1CCc2cc(C(Br)C3CCCOC3)c(F)cc2N1. The van der Waals surface area contributed by atoms with Crippen molar-refractivity contribution < 1.29 is 13.9 Å². The molecule has 1 amide bonds. The van der Waals surface area contributed by atoms with Gasteiger partial charge < -0.3 is 10.1 Å². The van der Waals surface area contributed by atoms with Crippen LogP contribution in [0.5, 0.6) is 0 Å². The zero-order chi connectivity index (χ0) is 14.1. The van der Waals surface area contributed by atoms with Crippen molar-refractivity contribution in [1.82, 2.24) is 0 Å². The fraction of sp³-hybridized carbons (Fsp3) is 0.533. The minimum atomic E-state index is -0.265. The van der Waals surface area contributed by atoms with E-state index in [-0.39, 0.29) is 16.6 Å². The van der Waals surface area contributed by atoms with Crippen LogP contribution in [0.3, 0.4) is 0 Å². The number of rotatable bonds is 2. The Morgan fingerprint density at radius 1 is 1.40 bits per heavy atom. The summed E-state index contributed by atoms with van der Waals surface area (Å²) in [5.74, 6) is -0.00592. The van der Waals surface area contributed by atoms with Crippen LogP contribution in [0.2, 0.25) is 0 Å². The highest BCUT2D eigenvalue weighted by Gasteiger charge is 2.27. The molecule has 20 heavy (non-hydrogen) atoms. The van der Waals surface area contributed by atoms with E-state index >= 15 is 0 Å². The number of aryl methyl sites for hydroxylation is 1. The number of anilines is 1. The van der Waals surface area contributed by atoms with Gasteiger partial charge in [0, 0.05) is 29.1 Å². The van der Waals surface area contributed by atoms with Gasteiger partial charge in [-0.3, -0.25) is 4.79 Å². The maximum Gasteiger partial charge on any atom is 0.224 e. The van der Waals surface area contributed by atoms with E-state index in [1.54, 1.807) is 0 Å². The lowest BCUT2D eigenvalue weighted by Gasteiger charge is -2.28. The van der Waals surface area contributed by atoms with Crippen LogP contribution in [-0.2, 0) is 16.0 Å². The normalized spacial score (nSPS) is 23.9. The number of benzene rings is 1. The highest BCUT2D eigenvalue weighted by atomic mass is 79.9. The molecule has 108 valence electrons. The van der Waals surface area contributed by atoms with E-state index in [1.165, 1.54) is 6.07 Å². The number of ether oxygens (including phenoxy) is 1. The van der Waals surface area contributed by atoms with Gasteiger partial charge in [-0.05, 0) is 42.9 Å². The molecule has 0 aliphatic carbocycles. The first-order valence-corrected chi connectivity index (χ1v) is 7.90. The van der Waals surface area contributed by atoms with E-state index in [0.717, 1.165) is 25.0 Å². The van der Waals surface area contributed by atoms with Crippen molar-refractivity contribution in [2.45, 2.75) is 30.5 Å². The van der Waals surface area contributed by atoms with Crippen molar-refractivity contribution in [2.24, 2.45) is 5.92 Å². The molecule has 3 rings (SSSR count). The number of carbonyl (C=O) groups is 1. The van der Waals surface area contributed by atoms with Crippen LogP contribution in [0.15, 0.2) is 12.1 Å². The lowest BCUT2D eigenvalue weighted by Crippen LogP contribution is -2.23. The Labute approximate surface area is 126 Å². The topological polar surface area (TPSA) is 38.3 Å². The first-order chi connectivity index (χ1) is 9.65. The van der Waals surface area contributed by atoms with E-state index in [1.807, 2.05) is 6.07 Å². The highest BCUT2D eigenvalue weighted by Crippen LogP contribution is 2.39. The number of amides is 1. The third-order valence-electron chi connectivity index (χ3n) is 4.02. The molecule has 1 saturated heterocycles. The molecule has 3 nitrogen and oxygen atoms in total. The van der Waals surface area contributed by atoms with Crippen LogP contribution >= 0.6 is 15.9 Å². The van der Waals surface area contributed by atoms with E-state index in [0.29, 0.717) is 36.6 Å². The molecule has 0 aromatic heterocycles. The lowest BCUT2D eigenvalue weighted by atomic mass is 9.91. The number of hydrogen-bond acceptors (Lipinski definition) is 2. The Hall–Kier alpha value is -0.940. The van der Waals surface area contributed by atoms with E-state index < -0.39 is 0 Å². The summed E-state index contributed by atoms with van der Waals surface area (Å²) in [7, 11) is 0. The lowest BCUT2D eigenvalue weighted by molar-refractivity contribution is -0.116. The molecule has 5 heteroatoms. The van der Waals surface area contributed by atoms with Gasteiger partial charge in [-0.1, -0.05) is 15.9 Å². The van der Waals surface area contributed by atoms with Crippen molar-refractivity contribution in [3.8, 4) is 0 Å². The van der Waals surface area contributed by atoms with Crippen molar-refractivity contribution >= 4 is 27.5 Å². The maximum absolute atomic E-state index is 14.3. The molecule has 0 bridgehead atoms. The molecule has 0 radical (unpaired) electrons. The Morgan fingerprint density at radius 2 is 2.25 bits per heavy atom. The summed E-state index contributed by atoms with van der Waals surface area (Å²) in [6.45, 7) is 1.47. The third kappa shape index (κ3) is 2.74. The van der Waals surface area contributed by atoms with Crippen LogP contribution in [0.1, 0.15) is 35.2 Å². The second-order valence-electron chi connectivity index (χ2n) is 5.46. The molecule has 0 saturated carbocycles. The molecular weight excluding hydrogens is 325 g/mol. The molecule has 1 aromatic rings. The minimum absolute atomic E-state index is 0.0364. The number of carbonyl (C=O) groups excluding carboxylic acids is 1. The van der Waals surface area contributed by atoms with Gasteiger partial charge >= 0.3 is 0 Å². The number of fused-ring (bicyclic) bond motifs is 1. The average Bonchev–Trinajstić information content (AvgIpc) is 2.46. The molecule has 2 atom stereocenters. The Balaban J connectivity index is 1.87. The van der Waals surface area contributed by atoms with Gasteiger partial charge in [0.05, 0.1) is 6.61 Å². The van der Waals surface area contributed by atoms with Crippen LogP contribution in [0.25, 0.3) is 0 Å². The van der Waals surface area contributed by atoms with Gasteiger partial charge in [-0.2, -0.15) is 0 Å². The van der Waals surface area contributed by atoms with Gasteiger partial charge in [-0.25, -0.2) is 4.39 Å². The van der Waals surface area contributed by atoms with Crippen LogP contribution in [0.4, 0.5) is 10.1 Å². The Kier molecular flexibility index (Phi) is 4.08. The molecular formula is C15H17BrFNO2. The Morgan fingerprint density at radius 3 is 3.00 bits per heavy atom. The largest absolute Gasteiger partial charge is 0.381 e. The summed E-state index contributed by atoms with van der Waals surface area (Å²) in [5, 5.41) is 2.73. The summed E-state index contributed by atoms with van der Waals surface area (Å²) in [6, 6.07) is 3.33. The number of halogens is 2. The summed E-state index contributed by atoms with van der Waals surface area (Å²) in [5.41, 5.74) is 2.31. The first kappa shape index (κ1) is 14.0. The molecule has 1 fully saturated rings. The third-order valence-corrected chi connectivity index (χ3v) is 5.27. The van der Waals surface area contributed by atoms with E-state index in [4.69, 9.17) is 4.74 Å². The van der Waals surface area contributed by atoms with Crippen LogP contribution in [-0.4, -0.2) is 19.1 Å². The zero-order valence-electron chi connectivity index (χ0n) is 11.1. The van der Waals surface area contributed by atoms with E-state index in [9.17, 15) is 9.18 Å². The van der Waals surface area contributed by atoms with Crippen molar-refractivity contribution in [3.05, 3.63) is 29.1 Å². The van der Waals surface area contributed by atoms with Gasteiger partial charge in [0.25, 0.3) is 0 Å². The van der Waals surface area contributed by atoms with E-state index in [2.05, 4.69) is 21.2 Å².